The second-order valence-electron chi connectivity index (χ2n) is 6.46. The quantitative estimate of drug-likeness (QED) is 0.526. The molecule has 3 nitrogen and oxygen atoms in total. The van der Waals surface area contributed by atoms with Crippen molar-refractivity contribution >= 4 is 17.7 Å². The molecule has 25 heavy (non-hydrogen) atoms. The fraction of sp³-hybridized carbons (Fsp3) is 0.381. The molecule has 2 aromatic rings. The minimum absolute atomic E-state index is 0.0514. The Morgan fingerprint density at radius 3 is 2.44 bits per heavy atom. The van der Waals surface area contributed by atoms with Gasteiger partial charge in [0.15, 0.2) is 0 Å². The summed E-state index contributed by atoms with van der Waals surface area (Å²) in [5.41, 5.74) is 1.91. The highest BCUT2D eigenvalue weighted by Gasteiger charge is 2.12. The molecule has 2 aromatic carbocycles. The fourth-order valence-corrected chi connectivity index (χ4v) is 3.47. The van der Waals surface area contributed by atoms with E-state index in [1.165, 1.54) is 5.56 Å². The summed E-state index contributed by atoms with van der Waals surface area (Å²) in [6.07, 6.45) is 0. The molecule has 0 saturated carbocycles. The zero-order chi connectivity index (χ0) is 18.2. The normalized spacial score (nSPS) is 11.0. The molecular formula is C21H27NO2S. The minimum atomic E-state index is -0.0514. The number of rotatable bonds is 8. The average Bonchev–Trinajstić information content (AvgIpc) is 2.58. The zero-order valence-electron chi connectivity index (χ0n) is 15.4. The molecular weight excluding hydrogens is 330 g/mol. The van der Waals surface area contributed by atoms with E-state index in [0.717, 1.165) is 16.2 Å². The largest absolute Gasteiger partial charge is 0.491 e. The number of carbonyl (C=O) groups excluding carboxylic acids is 1. The van der Waals surface area contributed by atoms with Crippen LogP contribution in [0.3, 0.4) is 0 Å². The van der Waals surface area contributed by atoms with Gasteiger partial charge >= 0.3 is 0 Å². The van der Waals surface area contributed by atoms with E-state index in [2.05, 4.69) is 39.1 Å². The lowest BCUT2D eigenvalue weighted by molar-refractivity contribution is 0.0944. The van der Waals surface area contributed by atoms with Gasteiger partial charge < -0.3 is 10.1 Å². The first-order valence-electron chi connectivity index (χ1n) is 8.74. The molecule has 0 unspecified atom stereocenters. The van der Waals surface area contributed by atoms with Gasteiger partial charge in [-0.1, -0.05) is 58.0 Å². The molecule has 0 bridgehead atoms. The second kappa shape index (κ2) is 9.52. The number of thioether (sulfide) groups is 1. The number of nitrogens with one attached hydrogen (secondary N) is 1. The van der Waals surface area contributed by atoms with Crippen LogP contribution in [0.2, 0.25) is 0 Å². The summed E-state index contributed by atoms with van der Waals surface area (Å²) in [4.78, 5) is 13.5. The van der Waals surface area contributed by atoms with Crippen molar-refractivity contribution in [2.75, 3.05) is 13.2 Å². The van der Waals surface area contributed by atoms with Crippen LogP contribution in [0.5, 0.6) is 5.75 Å². The number of amides is 1. The van der Waals surface area contributed by atoms with Crippen molar-refractivity contribution in [3.8, 4) is 5.75 Å². The Hall–Kier alpha value is -1.94. The van der Waals surface area contributed by atoms with Crippen molar-refractivity contribution in [1.82, 2.24) is 5.32 Å². The fourth-order valence-electron chi connectivity index (χ4n) is 2.52. The van der Waals surface area contributed by atoms with Crippen LogP contribution >= 0.6 is 11.8 Å². The molecule has 1 amide bonds. The number of carbonyl (C=O) groups is 1. The summed E-state index contributed by atoms with van der Waals surface area (Å²) >= 11 is 1.70. The third kappa shape index (κ3) is 5.82. The van der Waals surface area contributed by atoms with Gasteiger partial charge in [-0.3, -0.25) is 4.79 Å². The Bertz CT molecular complexity index is 698. The number of hydrogen-bond donors (Lipinski definition) is 1. The molecule has 0 aliphatic carbocycles. The van der Waals surface area contributed by atoms with Crippen LogP contribution in [0.15, 0.2) is 53.4 Å². The molecule has 2 rings (SSSR count). The van der Waals surface area contributed by atoms with Crippen LogP contribution in [-0.2, 0) is 0 Å². The standard InChI is InChI=1S/C21H27NO2S/c1-15(2)17-9-5-7-11-19(17)24-14-13-22-21(23)18-10-6-8-12-20(18)25-16(3)4/h5-12,15-16H,13-14H2,1-4H3,(H,22,23). The first kappa shape index (κ1) is 19.4. The lowest BCUT2D eigenvalue weighted by Gasteiger charge is -2.15. The number of para-hydroxylation sites is 1. The van der Waals surface area contributed by atoms with Gasteiger partial charge in [0.2, 0.25) is 0 Å². The van der Waals surface area contributed by atoms with Crippen molar-refractivity contribution in [2.45, 2.75) is 43.8 Å². The van der Waals surface area contributed by atoms with Gasteiger partial charge in [-0.2, -0.15) is 0 Å². The molecule has 0 aromatic heterocycles. The summed E-state index contributed by atoms with van der Waals surface area (Å²) in [7, 11) is 0. The summed E-state index contributed by atoms with van der Waals surface area (Å²) < 4.78 is 5.86. The molecule has 0 spiro atoms. The maximum absolute atomic E-state index is 12.5. The van der Waals surface area contributed by atoms with Gasteiger partial charge in [0.05, 0.1) is 12.1 Å². The van der Waals surface area contributed by atoms with Crippen LogP contribution in [0.4, 0.5) is 0 Å². The summed E-state index contributed by atoms with van der Waals surface area (Å²) in [6.45, 7) is 9.47. The van der Waals surface area contributed by atoms with E-state index in [4.69, 9.17) is 4.74 Å². The van der Waals surface area contributed by atoms with Gasteiger partial charge in [-0.15, -0.1) is 11.8 Å². The van der Waals surface area contributed by atoms with E-state index in [9.17, 15) is 4.79 Å². The van der Waals surface area contributed by atoms with Gasteiger partial charge in [-0.05, 0) is 29.7 Å². The molecule has 0 aliphatic rings. The lowest BCUT2D eigenvalue weighted by atomic mass is 10.0. The van der Waals surface area contributed by atoms with Gasteiger partial charge in [0.25, 0.3) is 5.91 Å². The summed E-state index contributed by atoms with van der Waals surface area (Å²) in [6, 6.07) is 15.8. The first-order chi connectivity index (χ1) is 12.0. The first-order valence-corrected chi connectivity index (χ1v) is 9.62. The highest BCUT2D eigenvalue weighted by atomic mass is 32.2. The highest BCUT2D eigenvalue weighted by molar-refractivity contribution is 8.00. The van der Waals surface area contributed by atoms with Crippen LogP contribution in [0.25, 0.3) is 0 Å². The third-order valence-electron chi connectivity index (χ3n) is 3.68. The van der Waals surface area contributed by atoms with E-state index in [1.54, 1.807) is 11.8 Å². The SMILES string of the molecule is CC(C)Sc1ccccc1C(=O)NCCOc1ccccc1C(C)C. The van der Waals surface area contributed by atoms with Crippen LogP contribution in [-0.4, -0.2) is 24.3 Å². The number of ether oxygens (including phenoxy) is 1. The number of hydrogen-bond acceptors (Lipinski definition) is 3. The molecule has 0 fully saturated rings. The predicted molar refractivity (Wildman–Crippen MR) is 106 cm³/mol. The Balaban J connectivity index is 1.90. The smallest absolute Gasteiger partial charge is 0.252 e. The Kier molecular flexibility index (Phi) is 7.38. The highest BCUT2D eigenvalue weighted by Crippen LogP contribution is 2.27. The van der Waals surface area contributed by atoms with Crippen molar-refractivity contribution in [2.24, 2.45) is 0 Å². The molecule has 0 heterocycles. The van der Waals surface area contributed by atoms with E-state index in [1.807, 2.05) is 42.5 Å². The monoisotopic (exact) mass is 357 g/mol. The van der Waals surface area contributed by atoms with Crippen molar-refractivity contribution in [3.05, 3.63) is 59.7 Å². The Labute approximate surface area is 155 Å². The summed E-state index contributed by atoms with van der Waals surface area (Å²) in [5, 5.41) is 3.39. The zero-order valence-corrected chi connectivity index (χ0v) is 16.2. The second-order valence-corrected chi connectivity index (χ2v) is 8.08. The molecule has 0 aliphatic heterocycles. The minimum Gasteiger partial charge on any atom is -0.491 e. The third-order valence-corrected chi connectivity index (χ3v) is 4.76. The number of benzene rings is 2. The molecule has 0 radical (unpaired) electrons. The van der Waals surface area contributed by atoms with E-state index >= 15 is 0 Å². The Morgan fingerprint density at radius 1 is 1.04 bits per heavy atom. The topological polar surface area (TPSA) is 38.3 Å². The van der Waals surface area contributed by atoms with Crippen molar-refractivity contribution in [1.29, 1.82) is 0 Å². The van der Waals surface area contributed by atoms with Gasteiger partial charge in [-0.25, -0.2) is 0 Å². The predicted octanol–water partition coefficient (Wildman–Crippen LogP) is 5.12. The van der Waals surface area contributed by atoms with E-state index in [-0.39, 0.29) is 5.91 Å². The van der Waals surface area contributed by atoms with E-state index < -0.39 is 0 Å². The van der Waals surface area contributed by atoms with E-state index in [0.29, 0.717) is 24.3 Å². The Morgan fingerprint density at radius 2 is 1.72 bits per heavy atom. The maximum atomic E-state index is 12.5. The van der Waals surface area contributed by atoms with Crippen molar-refractivity contribution in [3.63, 3.8) is 0 Å². The molecule has 0 atom stereocenters. The lowest BCUT2D eigenvalue weighted by Crippen LogP contribution is -2.28. The van der Waals surface area contributed by atoms with Gasteiger partial charge in [0.1, 0.15) is 12.4 Å². The average molecular weight is 358 g/mol. The van der Waals surface area contributed by atoms with Crippen LogP contribution < -0.4 is 10.1 Å². The van der Waals surface area contributed by atoms with Crippen LogP contribution in [0, 0.1) is 0 Å². The molecule has 1 N–H and O–H groups in total. The van der Waals surface area contributed by atoms with Gasteiger partial charge in [0, 0.05) is 10.1 Å². The van der Waals surface area contributed by atoms with Crippen LogP contribution in [0.1, 0.15) is 49.5 Å². The summed E-state index contributed by atoms with van der Waals surface area (Å²) in [5.74, 6) is 1.25. The van der Waals surface area contributed by atoms with Crippen molar-refractivity contribution < 1.29 is 9.53 Å². The molecule has 0 saturated heterocycles. The maximum Gasteiger partial charge on any atom is 0.252 e. The molecule has 4 heteroatoms. The molecule has 134 valence electrons.